The number of nitrogens with zero attached hydrogens (tertiary/aromatic N) is 4. The fourth-order valence-electron chi connectivity index (χ4n) is 2.19. The molecule has 7 heteroatoms. The Morgan fingerprint density at radius 1 is 1.17 bits per heavy atom. The normalized spacial score (nSPS) is 11.9. The van der Waals surface area contributed by atoms with E-state index in [9.17, 15) is 9.90 Å². The lowest BCUT2D eigenvalue weighted by Gasteiger charge is -2.11. The summed E-state index contributed by atoms with van der Waals surface area (Å²) in [5, 5.41) is 23.8. The zero-order valence-electron chi connectivity index (χ0n) is 12.2. The van der Waals surface area contributed by atoms with Crippen molar-refractivity contribution in [3.63, 3.8) is 0 Å². The first-order valence-corrected chi connectivity index (χ1v) is 7.08. The molecule has 0 saturated heterocycles. The molecule has 2 aromatic carbocycles. The summed E-state index contributed by atoms with van der Waals surface area (Å²) in [5.41, 5.74) is 2.06. The molecule has 0 fully saturated rings. The van der Waals surface area contributed by atoms with Crippen molar-refractivity contribution >= 4 is 11.6 Å². The SMILES string of the molecule is O=C(CC(O)c1ccccc1)Nc1cccc(-n2cnnn2)c1. The van der Waals surface area contributed by atoms with Crippen molar-refractivity contribution in [2.45, 2.75) is 12.5 Å². The smallest absolute Gasteiger partial charge is 0.227 e. The fourth-order valence-corrected chi connectivity index (χ4v) is 2.19. The standard InChI is InChI=1S/C16H15N5O2/c22-15(12-5-2-1-3-6-12)10-16(23)18-13-7-4-8-14(9-13)21-11-17-19-20-21/h1-9,11,15,22H,10H2,(H,18,23). The zero-order valence-corrected chi connectivity index (χ0v) is 12.2. The highest BCUT2D eigenvalue weighted by molar-refractivity contribution is 5.91. The first kappa shape index (κ1) is 14.9. The van der Waals surface area contributed by atoms with Gasteiger partial charge in [-0.05, 0) is 34.2 Å². The molecule has 1 heterocycles. The molecular weight excluding hydrogens is 294 g/mol. The third-order valence-corrected chi connectivity index (χ3v) is 3.31. The molecule has 0 saturated carbocycles. The predicted octanol–water partition coefficient (Wildman–Crippen LogP) is 1.72. The molecule has 1 unspecified atom stereocenters. The maximum absolute atomic E-state index is 12.1. The number of nitrogens with one attached hydrogen (secondary N) is 1. The number of carbonyl (C=O) groups is 1. The minimum absolute atomic E-state index is 0.0148. The number of aliphatic hydroxyl groups excluding tert-OH is 1. The Hall–Kier alpha value is -3.06. The summed E-state index contributed by atoms with van der Waals surface area (Å²) in [7, 11) is 0. The molecule has 0 spiro atoms. The third kappa shape index (κ3) is 3.78. The molecule has 2 N–H and O–H groups in total. The number of tetrazole rings is 1. The number of benzene rings is 2. The predicted molar refractivity (Wildman–Crippen MR) is 83.8 cm³/mol. The third-order valence-electron chi connectivity index (χ3n) is 3.31. The molecule has 1 aromatic heterocycles. The molecule has 116 valence electrons. The fraction of sp³-hybridized carbons (Fsp3) is 0.125. The van der Waals surface area contributed by atoms with Gasteiger partial charge in [0.25, 0.3) is 0 Å². The highest BCUT2D eigenvalue weighted by Crippen LogP contribution is 2.18. The summed E-state index contributed by atoms with van der Waals surface area (Å²) < 4.78 is 1.49. The summed E-state index contributed by atoms with van der Waals surface area (Å²) in [6, 6.07) is 16.2. The van der Waals surface area contributed by atoms with Gasteiger partial charge >= 0.3 is 0 Å². The summed E-state index contributed by atoms with van der Waals surface area (Å²) in [5.74, 6) is -0.268. The summed E-state index contributed by atoms with van der Waals surface area (Å²) >= 11 is 0. The van der Waals surface area contributed by atoms with E-state index in [2.05, 4.69) is 20.8 Å². The largest absolute Gasteiger partial charge is 0.388 e. The van der Waals surface area contributed by atoms with E-state index < -0.39 is 6.10 Å². The second-order valence-corrected chi connectivity index (χ2v) is 4.98. The van der Waals surface area contributed by atoms with Gasteiger partial charge in [0.2, 0.25) is 5.91 Å². The van der Waals surface area contributed by atoms with Crippen LogP contribution >= 0.6 is 0 Å². The summed E-state index contributed by atoms with van der Waals surface area (Å²) in [4.78, 5) is 12.1. The van der Waals surface area contributed by atoms with E-state index in [4.69, 9.17) is 0 Å². The lowest BCUT2D eigenvalue weighted by atomic mass is 10.1. The van der Waals surface area contributed by atoms with Crippen LogP contribution in [0, 0.1) is 0 Å². The van der Waals surface area contributed by atoms with Crippen molar-refractivity contribution in [3.05, 3.63) is 66.5 Å². The minimum atomic E-state index is -0.834. The van der Waals surface area contributed by atoms with Crippen molar-refractivity contribution in [3.8, 4) is 5.69 Å². The second kappa shape index (κ2) is 6.80. The minimum Gasteiger partial charge on any atom is -0.388 e. The van der Waals surface area contributed by atoms with Crippen molar-refractivity contribution < 1.29 is 9.90 Å². The molecule has 0 aliphatic carbocycles. The molecule has 3 rings (SSSR count). The number of amides is 1. The second-order valence-electron chi connectivity index (χ2n) is 4.98. The van der Waals surface area contributed by atoms with Crippen molar-refractivity contribution in [2.75, 3.05) is 5.32 Å². The average molecular weight is 309 g/mol. The molecule has 0 radical (unpaired) electrons. The van der Waals surface area contributed by atoms with E-state index in [1.54, 1.807) is 30.3 Å². The van der Waals surface area contributed by atoms with Crippen LogP contribution in [0.3, 0.4) is 0 Å². The van der Waals surface area contributed by atoms with Crippen molar-refractivity contribution in [1.82, 2.24) is 20.2 Å². The molecule has 7 nitrogen and oxygen atoms in total. The van der Waals surface area contributed by atoms with E-state index in [1.807, 2.05) is 24.3 Å². The lowest BCUT2D eigenvalue weighted by Crippen LogP contribution is -2.15. The number of hydrogen-bond donors (Lipinski definition) is 2. The Bertz CT molecular complexity index is 774. The number of aliphatic hydroxyl groups is 1. The van der Waals surface area contributed by atoms with Gasteiger partial charge in [0.05, 0.1) is 18.2 Å². The first-order valence-electron chi connectivity index (χ1n) is 7.08. The Morgan fingerprint density at radius 2 is 2.00 bits per heavy atom. The quantitative estimate of drug-likeness (QED) is 0.748. The number of rotatable bonds is 5. The maximum atomic E-state index is 12.1. The van der Waals surface area contributed by atoms with Gasteiger partial charge in [-0.3, -0.25) is 4.79 Å². The van der Waals surface area contributed by atoms with Crippen molar-refractivity contribution in [2.24, 2.45) is 0 Å². The molecule has 1 amide bonds. The Balaban J connectivity index is 1.65. The van der Waals surface area contributed by atoms with Crippen LogP contribution in [0.2, 0.25) is 0 Å². The average Bonchev–Trinajstić information content (AvgIpc) is 3.10. The van der Waals surface area contributed by atoms with Gasteiger partial charge in [-0.1, -0.05) is 36.4 Å². The molecule has 3 aromatic rings. The zero-order chi connectivity index (χ0) is 16.1. The molecule has 0 aliphatic heterocycles. The Morgan fingerprint density at radius 3 is 2.74 bits per heavy atom. The van der Waals surface area contributed by atoms with Crippen LogP contribution in [-0.4, -0.2) is 31.2 Å². The number of carbonyl (C=O) groups excluding carboxylic acids is 1. The van der Waals surface area contributed by atoms with Gasteiger partial charge in [0.15, 0.2) is 0 Å². The van der Waals surface area contributed by atoms with E-state index >= 15 is 0 Å². The molecule has 1 atom stereocenters. The van der Waals surface area contributed by atoms with E-state index in [-0.39, 0.29) is 12.3 Å². The first-order chi connectivity index (χ1) is 11.2. The number of anilines is 1. The van der Waals surface area contributed by atoms with Gasteiger partial charge in [0.1, 0.15) is 6.33 Å². The van der Waals surface area contributed by atoms with Crippen LogP contribution in [-0.2, 0) is 4.79 Å². The Labute approximate surface area is 132 Å². The van der Waals surface area contributed by atoms with Crippen LogP contribution in [0.5, 0.6) is 0 Å². The topological polar surface area (TPSA) is 92.9 Å². The molecule has 23 heavy (non-hydrogen) atoms. The summed E-state index contributed by atoms with van der Waals surface area (Å²) in [6.45, 7) is 0. The van der Waals surface area contributed by atoms with E-state index in [0.29, 0.717) is 11.3 Å². The van der Waals surface area contributed by atoms with Gasteiger partial charge in [-0.2, -0.15) is 0 Å². The monoisotopic (exact) mass is 309 g/mol. The van der Waals surface area contributed by atoms with Gasteiger partial charge in [-0.15, -0.1) is 5.10 Å². The van der Waals surface area contributed by atoms with Crippen LogP contribution in [0.25, 0.3) is 5.69 Å². The number of aromatic nitrogens is 4. The lowest BCUT2D eigenvalue weighted by molar-refractivity contribution is -0.118. The molecular formula is C16H15N5O2. The summed E-state index contributed by atoms with van der Waals surface area (Å²) in [6.07, 6.45) is 0.623. The Kier molecular flexibility index (Phi) is 4.39. The van der Waals surface area contributed by atoms with Crippen molar-refractivity contribution in [1.29, 1.82) is 0 Å². The van der Waals surface area contributed by atoms with Gasteiger partial charge in [-0.25, -0.2) is 4.68 Å². The number of hydrogen-bond acceptors (Lipinski definition) is 5. The van der Waals surface area contributed by atoms with Gasteiger partial charge in [0, 0.05) is 5.69 Å². The van der Waals surface area contributed by atoms with Gasteiger partial charge < -0.3 is 10.4 Å². The van der Waals surface area contributed by atoms with E-state index in [0.717, 1.165) is 5.69 Å². The van der Waals surface area contributed by atoms with E-state index in [1.165, 1.54) is 11.0 Å². The van der Waals surface area contributed by atoms with Crippen LogP contribution in [0.15, 0.2) is 60.9 Å². The maximum Gasteiger partial charge on any atom is 0.227 e. The van der Waals surface area contributed by atoms with Crippen LogP contribution in [0.1, 0.15) is 18.1 Å². The highest BCUT2D eigenvalue weighted by Gasteiger charge is 2.13. The van der Waals surface area contributed by atoms with Crippen LogP contribution < -0.4 is 5.32 Å². The van der Waals surface area contributed by atoms with Crippen LogP contribution in [0.4, 0.5) is 5.69 Å². The highest BCUT2D eigenvalue weighted by atomic mass is 16.3. The molecule has 0 aliphatic rings. The molecule has 0 bridgehead atoms.